The van der Waals surface area contributed by atoms with Crippen LogP contribution in [-0.2, 0) is 11.2 Å². The summed E-state index contributed by atoms with van der Waals surface area (Å²) in [6.07, 6.45) is 3.22. The molecule has 1 heterocycles. The summed E-state index contributed by atoms with van der Waals surface area (Å²) in [5.74, 6) is 0.200. The Hall–Kier alpha value is -0.870. The van der Waals surface area contributed by atoms with Gasteiger partial charge in [-0.2, -0.15) is 0 Å². The molecule has 1 aromatic heterocycles. The maximum atomic E-state index is 11.9. The molecule has 0 saturated heterocycles. The van der Waals surface area contributed by atoms with Crippen LogP contribution in [0.4, 0.5) is 0 Å². The van der Waals surface area contributed by atoms with Crippen LogP contribution in [0.3, 0.4) is 0 Å². The molecule has 1 aliphatic rings. The Morgan fingerprint density at radius 3 is 3.33 bits per heavy atom. The SMILES string of the molecule is NCCNC(=O)C1CCCc2sccc21. The van der Waals surface area contributed by atoms with Crippen molar-refractivity contribution in [3.05, 3.63) is 21.9 Å². The summed E-state index contributed by atoms with van der Waals surface area (Å²) in [5.41, 5.74) is 6.61. The van der Waals surface area contributed by atoms with Crippen LogP contribution < -0.4 is 11.1 Å². The number of amides is 1. The van der Waals surface area contributed by atoms with E-state index in [4.69, 9.17) is 5.73 Å². The van der Waals surface area contributed by atoms with Gasteiger partial charge in [0, 0.05) is 18.0 Å². The molecule has 0 bridgehead atoms. The predicted octanol–water partition coefficient (Wildman–Crippen LogP) is 1.24. The maximum Gasteiger partial charge on any atom is 0.227 e. The lowest BCUT2D eigenvalue weighted by molar-refractivity contribution is -0.122. The number of hydrogen-bond donors (Lipinski definition) is 2. The zero-order chi connectivity index (χ0) is 10.7. The molecule has 1 aromatic rings. The Bertz CT molecular complexity index is 348. The van der Waals surface area contributed by atoms with E-state index in [1.807, 2.05) is 0 Å². The smallest absolute Gasteiger partial charge is 0.227 e. The van der Waals surface area contributed by atoms with E-state index in [0.29, 0.717) is 13.1 Å². The maximum absolute atomic E-state index is 11.9. The van der Waals surface area contributed by atoms with Gasteiger partial charge in [-0.3, -0.25) is 4.79 Å². The van der Waals surface area contributed by atoms with E-state index in [1.165, 1.54) is 10.4 Å². The summed E-state index contributed by atoms with van der Waals surface area (Å²) in [6.45, 7) is 1.09. The minimum Gasteiger partial charge on any atom is -0.354 e. The van der Waals surface area contributed by atoms with E-state index in [9.17, 15) is 4.79 Å². The Morgan fingerprint density at radius 2 is 2.53 bits per heavy atom. The van der Waals surface area contributed by atoms with Crippen LogP contribution in [0.2, 0.25) is 0 Å². The highest BCUT2D eigenvalue weighted by Crippen LogP contribution is 2.34. The van der Waals surface area contributed by atoms with Crippen molar-refractivity contribution in [1.29, 1.82) is 0 Å². The van der Waals surface area contributed by atoms with Crippen molar-refractivity contribution in [2.24, 2.45) is 5.73 Å². The van der Waals surface area contributed by atoms with Gasteiger partial charge in [0.05, 0.1) is 5.92 Å². The standard InChI is InChI=1S/C11H16N2OS/c12-5-6-13-11(14)9-2-1-3-10-8(9)4-7-15-10/h4,7,9H,1-3,5-6,12H2,(H,13,14). The van der Waals surface area contributed by atoms with Crippen LogP contribution in [0.15, 0.2) is 11.4 Å². The molecule has 3 N–H and O–H groups in total. The summed E-state index contributed by atoms with van der Waals surface area (Å²) in [4.78, 5) is 13.2. The molecule has 0 aromatic carbocycles. The van der Waals surface area contributed by atoms with Gasteiger partial charge in [-0.15, -0.1) is 11.3 Å². The molecule has 0 saturated carbocycles. The highest BCUT2D eigenvalue weighted by Gasteiger charge is 2.26. The third-order valence-corrected chi connectivity index (χ3v) is 3.81. The molecule has 1 aliphatic carbocycles. The average molecular weight is 224 g/mol. The minimum atomic E-state index is 0.0616. The molecular formula is C11H16N2OS. The van der Waals surface area contributed by atoms with Gasteiger partial charge in [0.1, 0.15) is 0 Å². The number of carbonyl (C=O) groups is 1. The quantitative estimate of drug-likeness (QED) is 0.811. The monoisotopic (exact) mass is 224 g/mol. The second-order valence-corrected chi connectivity index (χ2v) is 4.82. The topological polar surface area (TPSA) is 55.1 Å². The molecule has 4 heteroatoms. The minimum absolute atomic E-state index is 0.0616. The number of carbonyl (C=O) groups excluding carboxylic acids is 1. The number of rotatable bonds is 3. The number of fused-ring (bicyclic) bond motifs is 1. The molecule has 1 amide bonds. The first-order valence-electron chi connectivity index (χ1n) is 5.37. The number of nitrogens with two attached hydrogens (primary N) is 1. The second-order valence-electron chi connectivity index (χ2n) is 3.82. The Balaban J connectivity index is 2.08. The van der Waals surface area contributed by atoms with E-state index in [2.05, 4.69) is 16.8 Å². The van der Waals surface area contributed by atoms with Crippen LogP contribution in [0, 0.1) is 0 Å². The highest BCUT2D eigenvalue weighted by atomic mass is 32.1. The Morgan fingerprint density at radius 1 is 1.67 bits per heavy atom. The first kappa shape index (κ1) is 10.6. The van der Waals surface area contributed by atoms with Crippen molar-refractivity contribution in [3.63, 3.8) is 0 Å². The third kappa shape index (κ3) is 2.21. The fourth-order valence-corrected chi connectivity index (χ4v) is 3.06. The summed E-state index contributed by atoms with van der Waals surface area (Å²) in [7, 11) is 0. The molecule has 0 spiro atoms. The van der Waals surface area contributed by atoms with Crippen LogP contribution in [0.1, 0.15) is 29.2 Å². The number of thiophene rings is 1. The lowest BCUT2D eigenvalue weighted by Gasteiger charge is -2.21. The summed E-state index contributed by atoms with van der Waals surface area (Å²) in [6, 6.07) is 2.09. The lowest BCUT2D eigenvalue weighted by atomic mass is 9.87. The molecule has 0 fully saturated rings. The third-order valence-electron chi connectivity index (χ3n) is 2.81. The largest absolute Gasteiger partial charge is 0.354 e. The molecular weight excluding hydrogens is 208 g/mol. The van der Waals surface area contributed by atoms with E-state index >= 15 is 0 Å². The predicted molar refractivity (Wildman–Crippen MR) is 62.1 cm³/mol. The number of hydrogen-bond acceptors (Lipinski definition) is 3. The van der Waals surface area contributed by atoms with Crippen LogP contribution in [-0.4, -0.2) is 19.0 Å². The molecule has 0 radical (unpaired) electrons. The van der Waals surface area contributed by atoms with Crippen molar-refractivity contribution in [3.8, 4) is 0 Å². The normalized spacial score (nSPS) is 19.7. The van der Waals surface area contributed by atoms with Gasteiger partial charge >= 0.3 is 0 Å². The van der Waals surface area contributed by atoms with Crippen LogP contribution in [0.5, 0.6) is 0 Å². The van der Waals surface area contributed by atoms with Crippen molar-refractivity contribution in [2.45, 2.75) is 25.2 Å². The van der Waals surface area contributed by atoms with Gasteiger partial charge in [0.25, 0.3) is 0 Å². The van der Waals surface area contributed by atoms with Crippen LogP contribution >= 0.6 is 11.3 Å². The van der Waals surface area contributed by atoms with E-state index < -0.39 is 0 Å². The van der Waals surface area contributed by atoms with E-state index in [1.54, 1.807) is 11.3 Å². The Labute approximate surface area is 93.7 Å². The average Bonchev–Trinajstić information content (AvgIpc) is 2.73. The molecule has 2 rings (SSSR count). The van der Waals surface area contributed by atoms with Crippen molar-refractivity contribution >= 4 is 17.2 Å². The van der Waals surface area contributed by atoms with Crippen molar-refractivity contribution < 1.29 is 4.79 Å². The molecule has 1 atom stereocenters. The lowest BCUT2D eigenvalue weighted by Crippen LogP contribution is -2.34. The zero-order valence-corrected chi connectivity index (χ0v) is 9.48. The fraction of sp³-hybridized carbons (Fsp3) is 0.545. The summed E-state index contributed by atoms with van der Waals surface area (Å²) >= 11 is 1.77. The Kier molecular flexibility index (Phi) is 3.38. The number of aryl methyl sites for hydroxylation is 1. The van der Waals surface area contributed by atoms with Gasteiger partial charge in [-0.25, -0.2) is 0 Å². The van der Waals surface area contributed by atoms with Crippen molar-refractivity contribution in [2.75, 3.05) is 13.1 Å². The van der Waals surface area contributed by atoms with Gasteiger partial charge in [0.2, 0.25) is 5.91 Å². The summed E-state index contributed by atoms with van der Waals surface area (Å²) < 4.78 is 0. The van der Waals surface area contributed by atoms with Gasteiger partial charge in [0.15, 0.2) is 0 Å². The van der Waals surface area contributed by atoms with E-state index in [-0.39, 0.29) is 11.8 Å². The van der Waals surface area contributed by atoms with Gasteiger partial charge in [-0.1, -0.05) is 0 Å². The second kappa shape index (κ2) is 4.77. The fourth-order valence-electron chi connectivity index (χ4n) is 2.08. The van der Waals surface area contributed by atoms with E-state index in [0.717, 1.165) is 19.3 Å². The highest BCUT2D eigenvalue weighted by molar-refractivity contribution is 7.10. The molecule has 1 unspecified atom stereocenters. The molecule has 0 aliphatic heterocycles. The molecule has 82 valence electrons. The van der Waals surface area contributed by atoms with Gasteiger partial charge in [-0.05, 0) is 36.3 Å². The van der Waals surface area contributed by atoms with Gasteiger partial charge < -0.3 is 11.1 Å². The first-order valence-corrected chi connectivity index (χ1v) is 6.25. The first-order chi connectivity index (χ1) is 7.33. The molecule has 3 nitrogen and oxygen atoms in total. The number of nitrogens with one attached hydrogen (secondary N) is 1. The zero-order valence-electron chi connectivity index (χ0n) is 8.66. The van der Waals surface area contributed by atoms with Crippen LogP contribution in [0.25, 0.3) is 0 Å². The summed E-state index contributed by atoms with van der Waals surface area (Å²) in [5, 5.41) is 4.96. The van der Waals surface area contributed by atoms with Crippen molar-refractivity contribution in [1.82, 2.24) is 5.32 Å². The molecule has 15 heavy (non-hydrogen) atoms.